The Balaban J connectivity index is 1.52. The molecule has 0 saturated heterocycles. The fourth-order valence-corrected chi connectivity index (χ4v) is 4.44. The van der Waals surface area contributed by atoms with Gasteiger partial charge in [-0.2, -0.15) is 0 Å². The van der Waals surface area contributed by atoms with Gasteiger partial charge in [0.25, 0.3) is 0 Å². The highest BCUT2D eigenvalue weighted by molar-refractivity contribution is 5.64. The van der Waals surface area contributed by atoms with Crippen LogP contribution in [0.5, 0.6) is 5.75 Å². The minimum atomic E-state index is -4.66. The average Bonchev–Trinajstić information content (AvgIpc) is 2.71. The summed E-state index contributed by atoms with van der Waals surface area (Å²) < 4.78 is 40.8. The van der Waals surface area contributed by atoms with Gasteiger partial charge in [0.05, 0.1) is 0 Å². The highest BCUT2D eigenvalue weighted by atomic mass is 19.4. The zero-order chi connectivity index (χ0) is 20.7. The van der Waals surface area contributed by atoms with Crippen LogP contribution in [-0.2, 0) is 0 Å². The first kappa shape index (κ1) is 21.7. The largest absolute Gasteiger partial charge is 0.573 e. The number of hydrogen-bond acceptors (Lipinski definition) is 1. The third kappa shape index (κ3) is 6.80. The third-order valence-electron chi connectivity index (χ3n) is 6.12. The van der Waals surface area contributed by atoms with Crippen molar-refractivity contribution in [2.24, 2.45) is 5.92 Å². The molecule has 0 N–H and O–H groups in total. The molecule has 0 atom stereocenters. The maximum absolute atomic E-state index is 12.3. The quantitative estimate of drug-likeness (QED) is 0.401. The fourth-order valence-electron chi connectivity index (χ4n) is 4.44. The first-order valence-corrected chi connectivity index (χ1v) is 10.9. The van der Waals surface area contributed by atoms with Crippen LogP contribution in [0, 0.1) is 5.92 Å². The maximum Gasteiger partial charge on any atom is 0.573 e. The Hall–Kier alpha value is -1.97. The van der Waals surface area contributed by atoms with Crippen molar-refractivity contribution < 1.29 is 17.9 Å². The lowest BCUT2D eigenvalue weighted by Gasteiger charge is -2.29. The summed E-state index contributed by atoms with van der Waals surface area (Å²) in [6.45, 7) is 2.26. The molecule has 2 aromatic carbocycles. The van der Waals surface area contributed by atoms with Gasteiger partial charge in [0.1, 0.15) is 5.75 Å². The van der Waals surface area contributed by atoms with Crippen LogP contribution in [0.4, 0.5) is 13.2 Å². The number of alkyl halides is 3. The molecule has 0 amide bonds. The van der Waals surface area contributed by atoms with Crippen LogP contribution in [0.25, 0.3) is 11.1 Å². The number of hydrogen-bond donors (Lipinski definition) is 0. The lowest BCUT2D eigenvalue weighted by atomic mass is 9.77. The molecule has 3 rings (SSSR count). The van der Waals surface area contributed by atoms with Crippen molar-refractivity contribution in [3.05, 3.63) is 54.1 Å². The van der Waals surface area contributed by atoms with Crippen molar-refractivity contribution in [3.8, 4) is 16.9 Å². The standard InChI is InChI=1S/C25H31F3O/c1-2-3-4-5-6-19-7-9-20(10-8-19)21-11-13-22(14-12-21)23-15-17-24(18-16-23)29-25(26,27)28/h11-20H,2-10H2,1H3. The number of benzene rings is 2. The molecule has 2 aromatic rings. The van der Waals surface area contributed by atoms with Crippen LogP contribution in [0.1, 0.15) is 76.2 Å². The molecular formula is C25H31F3O. The van der Waals surface area contributed by atoms with E-state index in [0.717, 1.165) is 17.0 Å². The van der Waals surface area contributed by atoms with E-state index in [1.54, 1.807) is 12.1 Å². The molecule has 0 aliphatic heterocycles. The van der Waals surface area contributed by atoms with E-state index in [2.05, 4.69) is 35.9 Å². The van der Waals surface area contributed by atoms with E-state index in [1.165, 1.54) is 75.5 Å². The number of halogens is 3. The first-order chi connectivity index (χ1) is 13.9. The zero-order valence-corrected chi connectivity index (χ0v) is 17.2. The summed E-state index contributed by atoms with van der Waals surface area (Å²) in [5, 5.41) is 0. The molecule has 0 unspecified atom stereocenters. The Labute approximate surface area is 172 Å². The molecule has 0 radical (unpaired) electrons. The van der Waals surface area contributed by atoms with Crippen molar-refractivity contribution in [1.29, 1.82) is 0 Å². The van der Waals surface area contributed by atoms with Crippen LogP contribution >= 0.6 is 0 Å². The SMILES string of the molecule is CCCCCCC1CCC(c2ccc(-c3ccc(OC(F)(F)F)cc3)cc2)CC1. The zero-order valence-electron chi connectivity index (χ0n) is 17.2. The van der Waals surface area contributed by atoms with Gasteiger partial charge >= 0.3 is 6.36 Å². The first-order valence-electron chi connectivity index (χ1n) is 10.9. The predicted octanol–water partition coefficient (Wildman–Crippen LogP) is 8.50. The Morgan fingerprint density at radius 2 is 1.38 bits per heavy atom. The molecule has 1 fully saturated rings. The second-order valence-corrected chi connectivity index (χ2v) is 8.26. The van der Waals surface area contributed by atoms with E-state index >= 15 is 0 Å². The lowest BCUT2D eigenvalue weighted by molar-refractivity contribution is -0.274. The van der Waals surface area contributed by atoms with E-state index < -0.39 is 6.36 Å². The molecule has 29 heavy (non-hydrogen) atoms. The Kier molecular flexibility index (Phi) is 7.63. The average molecular weight is 405 g/mol. The minimum absolute atomic E-state index is 0.190. The second-order valence-electron chi connectivity index (χ2n) is 8.26. The van der Waals surface area contributed by atoms with E-state index in [1.807, 2.05) is 0 Å². The van der Waals surface area contributed by atoms with Gasteiger partial charge in [-0.1, -0.05) is 75.4 Å². The van der Waals surface area contributed by atoms with Crippen LogP contribution < -0.4 is 4.74 Å². The highest BCUT2D eigenvalue weighted by Crippen LogP contribution is 2.38. The molecule has 4 heteroatoms. The van der Waals surface area contributed by atoms with E-state index in [9.17, 15) is 13.2 Å². The summed E-state index contributed by atoms with van der Waals surface area (Å²) in [6.07, 6.45) is 7.35. The lowest BCUT2D eigenvalue weighted by Crippen LogP contribution is -2.16. The van der Waals surface area contributed by atoms with Gasteiger partial charge in [0.2, 0.25) is 0 Å². The molecule has 0 spiro atoms. The molecule has 1 saturated carbocycles. The highest BCUT2D eigenvalue weighted by Gasteiger charge is 2.31. The molecule has 1 aliphatic rings. The molecule has 158 valence electrons. The molecule has 0 heterocycles. The Bertz CT molecular complexity index is 726. The van der Waals surface area contributed by atoms with Crippen molar-refractivity contribution >= 4 is 0 Å². The van der Waals surface area contributed by atoms with Crippen LogP contribution in [0.15, 0.2) is 48.5 Å². The van der Waals surface area contributed by atoms with Gasteiger partial charge in [0.15, 0.2) is 0 Å². The van der Waals surface area contributed by atoms with E-state index in [4.69, 9.17) is 0 Å². The summed E-state index contributed by atoms with van der Waals surface area (Å²) in [6, 6.07) is 14.6. The normalized spacial score (nSPS) is 19.9. The molecule has 1 nitrogen and oxygen atoms in total. The topological polar surface area (TPSA) is 9.23 Å². The van der Waals surface area contributed by atoms with Crippen molar-refractivity contribution in [2.75, 3.05) is 0 Å². The monoisotopic (exact) mass is 404 g/mol. The van der Waals surface area contributed by atoms with Crippen LogP contribution in [0.3, 0.4) is 0 Å². The van der Waals surface area contributed by atoms with Crippen molar-refractivity contribution in [2.45, 2.75) is 77.0 Å². The smallest absolute Gasteiger partial charge is 0.406 e. The van der Waals surface area contributed by atoms with E-state index in [0.29, 0.717) is 5.92 Å². The predicted molar refractivity (Wildman–Crippen MR) is 112 cm³/mol. The van der Waals surface area contributed by atoms with Crippen LogP contribution in [-0.4, -0.2) is 6.36 Å². The van der Waals surface area contributed by atoms with E-state index in [-0.39, 0.29) is 5.75 Å². The van der Waals surface area contributed by atoms with Gasteiger partial charge in [0, 0.05) is 0 Å². The summed E-state index contributed by atoms with van der Waals surface area (Å²) in [7, 11) is 0. The fraction of sp³-hybridized carbons (Fsp3) is 0.520. The Morgan fingerprint density at radius 3 is 1.93 bits per heavy atom. The summed E-state index contributed by atoms with van der Waals surface area (Å²) >= 11 is 0. The van der Waals surface area contributed by atoms with Gasteiger partial charge in [-0.15, -0.1) is 13.2 Å². The Morgan fingerprint density at radius 1 is 0.793 bits per heavy atom. The second kappa shape index (κ2) is 10.2. The van der Waals surface area contributed by atoms with Gasteiger partial charge in [-0.05, 0) is 66.3 Å². The molecule has 1 aliphatic carbocycles. The number of unbranched alkanes of at least 4 members (excludes halogenated alkanes) is 3. The molecular weight excluding hydrogens is 373 g/mol. The molecule has 0 bridgehead atoms. The summed E-state index contributed by atoms with van der Waals surface area (Å²) in [5.41, 5.74) is 3.29. The van der Waals surface area contributed by atoms with Crippen LogP contribution in [0.2, 0.25) is 0 Å². The summed E-state index contributed by atoms with van der Waals surface area (Å²) in [5.74, 6) is 1.35. The van der Waals surface area contributed by atoms with Crippen molar-refractivity contribution in [3.63, 3.8) is 0 Å². The minimum Gasteiger partial charge on any atom is -0.406 e. The van der Waals surface area contributed by atoms with Gasteiger partial charge < -0.3 is 4.74 Å². The number of rotatable bonds is 8. The van der Waals surface area contributed by atoms with Gasteiger partial charge in [-0.3, -0.25) is 0 Å². The summed E-state index contributed by atoms with van der Waals surface area (Å²) in [4.78, 5) is 0. The maximum atomic E-state index is 12.3. The molecule has 0 aromatic heterocycles. The van der Waals surface area contributed by atoms with Crippen molar-refractivity contribution in [1.82, 2.24) is 0 Å². The third-order valence-corrected chi connectivity index (χ3v) is 6.12. The van der Waals surface area contributed by atoms with Gasteiger partial charge in [-0.25, -0.2) is 0 Å². The number of ether oxygens (including phenoxy) is 1.